The molecule has 0 unspecified atom stereocenters. The van der Waals surface area contributed by atoms with Gasteiger partial charge >= 0.3 is 0 Å². The Kier molecular flexibility index (Phi) is 4.37. The van der Waals surface area contributed by atoms with Crippen molar-refractivity contribution in [1.82, 2.24) is 9.88 Å². The minimum absolute atomic E-state index is 0.0709. The number of benzene rings is 1. The van der Waals surface area contributed by atoms with Crippen LogP contribution < -0.4 is 10.5 Å². The first-order valence-electron chi connectivity index (χ1n) is 8.31. The van der Waals surface area contributed by atoms with Gasteiger partial charge in [-0.1, -0.05) is 42.4 Å². The maximum absolute atomic E-state index is 12.7. The summed E-state index contributed by atoms with van der Waals surface area (Å²) in [5, 5.41) is 3.76. The second-order valence-electron chi connectivity index (χ2n) is 6.50. The first-order chi connectivity index (χ1) is 12.9. The maximum Gasteiger partial charge on any atom is 0.287 e. The molecular formula is C18H17N3O4S2. The summed E-state index contributed by atoms with van der Waals surface area (Å²) in [6.07, 6.45) is 0. The Labute approximate surface area is 160 Å². The standard InChI is InChI=1S/C18H17N3O4S2/c1-10-16(11-5-3-2-4-6-11)17(10)21-27(23,24)15-8-7-14(26-15)12-9-13(18(19)22)25-20-12/h2-10,16-17,21H,1H3,(H2,19,22)/t10-,16-,17+/m1/s1. The summed E-state index contributed by atoms with van der Waals surface area (Å²) in [5.74, 6) is -0.391. The van der Waals surface area contributed by atoms with Crippen LogP contribution in [0.3, 0.4) is 0 Å². The monoisotopic (exact) mass is 403 g/mol. The number of carbonyl (C=O) groups excluding carboxylic acids is 1. The molecule has 1 saturated carbocycles. The third-order valence-electron chi connectivity index (χ3n) is 4.71. The minimum Gasteiger partial charge on any atom is -0.363 e. The van der Waals surface area contributed by atoms with Gasteiger partial charge in [-0.2, -0.15) is 0 Å². The van der Waals surface area contributed by atoms with Crippen LogP contribution in [0.1, 0.15) is 29.0 Å². The second-order valence-corrected chi connectivity index (χ2v) is 9.53. The number of primary amides is 1. The fourth-order valence-electron chi connectivity index (χ4n) is 3.18. The summed E-state index contributed by atoms with van der Waals surface area (Å²) in [4.78, 5) is 11.7. The number of sulfonamides is 1. The fourth-order valence-corrected chi connectivity index (χ4v) is 5.80. The smallest absolute Gasteiger partial charge is 0.287 e. The van der Waals surface area contributed by atoms with E-state index in [2.05, 4.69) is 9.88 Å². The molecule has 0 bridgehead atoms. The molecule has 3 N–H and O–H groups in total. The number of nitrogens with zero attached hydrogens (tertiary/aromatic N) is 1. The van der Waals surface area contributed by atoms with Gasteiger partial charge < -0.3 is 10.3 Å². The van der Waals surface area contributed by atoms with Crippen LogP contribution in [0.4, 0.5) is 0 Å². The Morgan fingerprint density at radius 3 is 2.63 bits per heavy atom. The first kappa shape index (κ1) is 17.9. The molecule has 2 aromatic heterocycles. The van der Waals surface area contributed by atoms with Crippen LogP contribution in [0.2, 0.25) is 0 Å². The van der Waals surface area contributed by atoms with Crippen LogP contribution in [-0.4, -0.2) is 25.5 Å². The van der Waals surface area contributed by atoms with Crippen molar-refractivity contribution in [3.8, 4) is 10.6 Å². The Morgan fingerprint density at radius 1 is 1.22 bits per heavy atom. The molecule has 1 fully saturated rings. The van der Waals surface area contributed by atoms with E-state index in [4.69, 9.17) is 10.3 Å². The lowest BCUT2D eigenvalue weighted by Crippen LogP contribution is -2.27. The van der Waals surface area contributed by atoms with E-state index in [1.165, 1.54) is 12.1 Å². The fraction of sp³-hybridized carbons (Fsp3) is 0.222. The second kappa shape index (κ2) is 6.59. The zero-order valence-electron chi connectivity index (χ0n) is 14.3. The van der Waals surface area contributed by atoms with Crippen molar-refractivity contribution in [2.24, 2.45) is 11.7 Å². The highest BCUT2D eigenvalue weighted by atomic mass is 32.2. The van der Waals surface area contributed by atoms with Gasteiger partial charge in [-0.15, -0.1) is 11.3 Å². The Hall–Kier alpha value is -2.49. The van der Waals surface area contributed by atoms with Crippen LogP contribution in [0, 0.1) is 5.92 Å². The zero-order valence-corrected chi connectivity index (χ0v) is 16.0. The van der Waals surface area contributed by atoms with Gasteiger partial charge in [-0.3, -0.25) is 4.79 Å². The molecule has 27 heavy (non-hydrogen) atoms. The number of hydrogen-bond acceptors (Lipinski definition) is 6. The van der Waals surface area contributed by atoms with E-state index in [9.17, 15) is 13.2 Å². The summed E-state index contributed by atoms with van der Waals surface area (Å²) in [5.41, 5.74) is 6.64. The lowest BCUT2D eigenvalue weighted by Gasteiger charge is -2.04. The molecule has 1 amide bonds. The maximum atomic E-state index is 12.7. The number of aromatic nitrogens is 1. The number of nitrogens with two attached hydrogens (primary N) is 1. The Morgan fingerprint density at radius 2 is 1.96 bits per heavy atom. The van der Waals surface area contributed by atoms with Gasteiger partial charge in [0, 0.05) is 18.0 Å². The van der Waals surface area contributed by atoms with E-state index in [0.717, 1.165) is 16.9 Å². The zero-order chi connectivity index (χ0) is 19.2. The van der Waals surface area contributed by atoms with E-state index in [1.807, 2.05) is 37.3 Å². The SMILES string of the molecule is C[C@H]1[C@H](NS(=O)(=O)c2ccc(-c3cc(C(N)=O)on3)s2)[C@H]1c1ccccc1. The Bertz CT molecular complexity index is 1090. The predicted octanol–water partition coefficient (Wildman–Crippen LogP) is 2.58. The molecule has 3 aromatic rings. The highest BCUT2D eigenvalue weighted by Crippen LogP contribution is 2.48. The first-order valence-corrected chi connectivity index (χ1v) is 10.6. The van der Waals surface area contributed by atoms with Crippen molar-refractivity contribution >= 4 is 27.3 Å². The molecule has 3 atom stereocenters. The molecule has 1 aliphatic rings. The van der Waals surface area contributed by atoms with Crippen LogP contribution in [0.25, 0.3) is 10.6 Å². The third kappa shape index (κ3) is 3.41. The van der Waals surface area contributed by atoms with Gasteiger partial charge in [0.25, 0.3) is 5.91 Å². The molecule has 0 radical (unpaired) electrons. The molecular weight excluding hydrogens is 386 g/mol. The van der Waals surface area contributed by atoms with E-state index >= 15 is 0 Å². The summed E-state index contributed by atoms with van der Waals surface area (Å²) < 4.78 is 33.3. The van der Waals surface area contributed by atoms with Crippen LogP contribution in [0.5, 0.6) is 0 Å². The highest BCUT2D eigenvalue weighted by Gasteiger charge is 2.49. The number of thiophene rings is 1. The van der Waals surface area contributed by atoms with E-state index in [1.54, 1.807) is 6.07 Å². The summed E-state index contributed by atoms with van der Waals surface area (Å²) in [6.45, 7) is 2.03. The van der Waals surface area contributed by atoms with Gasteiger partial charge in [-0.05, 0) is 23.6 Å². The van der Waals surface area contributed by atoms with Crippen molar-refractivity contribution in [3.05, 3.63) is 59.9 Å². The summed E-state index contributed by atoms with van der Waals surface area (Å²) >= 11 is 1.06. The van der Waals surface area contributed by atoms with Crippen molar-refractivity contribution < 1.29 is 17.7 Å². The molecule has 7 nitrogen and oxygen atoms in total. The highest BCUT2D eigenvalue weighted by molar-refractivity contribution is 7.91. The van der Waals surface area contributed by atoms with E-state index < -0.39 is 15.9 Å². The summed E-state index contributed by atoms with van der Waals surface area (Å²) in [7, 11) is -3.65. The van der Waals surface area contributed by atoms with Crippen molar-refractivity contribution in [2.75, 3.05) is 0 Å². The van der Waals surface area contributed by atoms with Gasteiger partial charge in [0.1, 0.15) is 9.90 Å². The minimum atomic E-state index is -3.65. The lowest BCUT2D eigenvalue weighted by atomic mass is 10.1. The number of nitrogens with one attached hydrogen (secondary N) is 1. The number of hydrogen-bond donors (Lipinski definition) is 2. The van der Waals surface area contributed by atoms with Crippen molar-refractivity contribution in [1.29, 1.82) is 0 Å². The number of rotatable bonds is 6. The van der Waals surface area contributed by atoms with Crippen molar-refractivity contribution in [3.63, 3.8) is 0 Å². The molecule has 2 heterocycles. The predicted molar refractivity (Wildman–Crippen MR) is 101 cm³/mol. The van der Waals surface area contributed by atoms with Crippen LogP contribution >= 0.6 is 11.3 Å². The number of amides is 1. The molecule has 140 valence electrons. The van der Waals surface area contributed by atoms with E-state index in [-0.39, 0.29) is 27.8 Å². The normalized spacial score (nSPS) is 21.9. The summed E-state index contributed by atoms with van der Waals surface area (Å²) in [6, 6.07) is 14.3. The Balaban J connectivity index is 1.51. The van der Waals surface area contributed by atoms with Gasteiger partial charge in [-0.25, -0.2) is 13.1 Å². The molecule has 9 heteroatoms. The molecule has 0 spiro atoms. The largest absolute Gasteiger partial charge is 0.363 e. The average molecular weight is 403 g/mol. The van der Waals surface area contributed by atoms with Crippen molar-refractivity contribution in [2.45, 2.75) is 23.1 Å². The van der Waals surface area contributed by atoms with Crippen LogP contribution in [0.15, 0.2) is 57.3 Å². The topological polar surface area (TPSA) is 115 Å². The van der Waals surface area contributed by atoms with Gasteiger partial charge in [0.15, 0.2) is 0 Å². The lowest BCUT2D eigenvalue weighted by molar-refractivity contribution is 0.0965. The molecule has 4 rings (SSSR count). The van der Waals surface area contributed by atoms with Crippen LogP contribution in [-0.2, 0) is 10.0 Å². The molecule has 0 saturated heterocycles. The number of carbonyl (C=O) groups is 1. The van der Waals surface area contributed by atoms with Gasteiger partial charge in [0.2, 0.25) is 15.8 Å². The third-order valence-corrected chi connectivity index (χ3v) is 7.77. The average Bonchev–Trinajstić information content (AvgIpc) is 3.10. The quantitative estimate of drug-likeness (QED) is 0.656. The van der Waals surface area contributed by atoms with Gasteiger partial charge in [0.05, 0.1) is 4.88 Å². The molecule has 0 aliphatic heterocycles. The van der Waals surface area contributed by atoms with E-state index in [0.29, 0.717) is 10.6 Å². The molecule has 1 aliphatic carbocycles. The molecule has 1 aromatic carbocycles.